The maximum Gasteiger partial charge on any atom is 0.228 e. The van der Waals surface area contributed by atoms with Crippen molar-refractivity contribution in [2.75, 3.05) is 23.3 Å². The van der Waals surface area contributed by atoms with Crippen molar-refractivity contribution >= 4 is 42.1 Å². The second-order valence-electron chi connectivity index (χ2n) is 6.32. The molecule has 0 saturated carbocycles. The van der Waals surface area contributed by atoms with Crippen molar-refractivity contribution in [2.24, 2.45) is 11.7 Å². The molecule has 1 aromatic carbocycles. The smallest absolute Gasteiger partial charge is 0.228 e. The average Bonchev–Trinajstić information content (AvgIpc) is 2.45. The number of hydrogen-bond donors (Lipinski definition) is 2. The summed E-state index contributed by atoms with van der Waals surface area (Å²) >= 11 is 0. The maximum atomic E-state index is 12.3. The minimum absolute atomic E-state index is 0. The van der Waals surface area contributed by atoms with Crippen LogP contribution in [0.1, 0.15) is 27.7 Å². The lowest BCUT2D eigenvalue weighted by atomic mass is 10.0. The zero-order valence-corrected chi connectivity index (χ0v) is 16.3. The fraction of sp³-hybridized carbons (Fsp3) is 0.588. The molecule has 5 nitrogen and oxygen atoms in total. The van der Waals surface area contributed by atoms with Crippen LogP contribution in [0.15, 0.2) is 24.3 Å². The summed E-state index contributed by atoms with van der Waals surface area (Å²) in [6.07, 6.45) is 0.353. The number of nitrogens with zero attached hydrogens (tertiary/aromatic N) is 1. The number of anilines is 2. The van der Waals surface area contributed by atoms with Gasteiger partial charge in [0.1, 0.15) is 0 Å². The molecule has 0 radical (unpaired) electrons. The summed E-state index contributed by atoms with van der Waals surface area (Å²) < 4.78 is 5.78. The fourth-order valence-electron chi connectivity index (χ4n) is 2.72. The van der Waals surface area contributed by atoms with Gasteiger partial charge >= 0.3 is 0 Å². The molecule has 1 amide bonds. The van der Waals surface area contributed by atoms with Gasteiger partial charge in [0.15, 0.2) is 0 Å². The summed E-state index contributed by atoms with van der Waals surface area (Å²) in [6, 6.07) is 7.73. The molecule has 1 aromatic rings. The Morgan fingerprint density at radius 1 is 1.21 bits per heavy atom. The lowest BCUT2D eigenvalue weighted by Crippen LogP contribution is -2.45. The molecule has 0 aliphatic carbocycles. The van der Waals surface area contributed by atoms with Crippen molar-refractivity contribution in [3.8, 4) is 0 Å². The van der Waals surface area contributed by atoms with Crippen LogP contribution >= 0.6 is 24.8 Å². The van der Waals surface area contributed by atoms with Crippen molar-refractivity contribution in [3.63, 3.8) is 0 Å². The van der Waals surface area contributed by atoms with Gasteiger partial charge in [-0.2, -0.15) is 0 Å². The molecular formula is C17H29Cl2N3O2. The van der Waals surface area contributed by atoms with Gasteiger partial charge in [0.25, 0.3) is 0 Å². The summed E-state index contributed by atoms with van der Waals surface area (Å²) in [5.74, 6) is -0.271. The Bertz CT molecular complexity index is 518. The van der Waals surface area contributed by atoms with E-state index in [1.54, 1.807) is 0 Å². The molecule has 1 aliphatic heterocycles. The van der Waals surface area contributed by atoms with E-state index in [9.17, 15) is 4.79 Å². The monoisotopic (exact) mass is 377 g/mol. The number of carbonyl (C=O) groups excluding carboxylic acids is 1. The Kier molecular flexibility index (Phi) is 9.66. The molecule has 2 rings (SSSR count). The van der Waals surface area contributed by atoms with E-state index in [1.165, 1.54) is 0 Å². The average molecular weight is 378 g/mol. The zero-order valence-electron chi connectivity index (χ0n) is 14.7. The molecule has 1 fully saturated rings. The molecule has 138 valence electrons. The van der Waals surface area contributed by atoms with E-state index in [1.807, 2.05) is 38.1 Å². The second kappa shape index (κ2) is 10.1. The number of halogens is 2. The highest BCUT2D eigenvalue weighted by molar-refractivity contribution is 5.96. The van der Waals surface area contributed by atoms with Crippen LogP contribution in [0.3, 0.4) is 0 Å². The lowest BCUT2D eigenvalue weighted by molar-refractivity contribution is -0.119. The first-order valence-electron chi connectivity index (χ1n) is 7.94. The van der Waals surface area contributed by atoms with E-state index in [-0.39, 0.29) is 54.9 Å². The minimum atomic E-state index is -0.226. The molecule has 7 heteroatoms. The Morgan fingerprint density at radius 2 is 1.75 bits per heavy atom. The van der Waals surface area contributed by atoms with Crippen LogP contribution in [0.5, 0.6) is 0 Å². The van der Waals surface area contributed by atoms with Crippen LogP contribution in [0.25, 0.3) is 0 Å². The Balaban J connectivity index is 0.00000264. The second-order valence-corrected chi connectivity index (χ2v) is 6.32. The summed E-state index contributed by atoms with van der Waals surface area (Å²) in [5.41, 5.74) is 7.69. The van der Waals surface area contributed by atoms with Crippen molar-refractivity contribution in [1.29, 1.82) is 0 Å². The molecular weight excluding hydrogens is 349 g/mol. The van der Waals surface area contributed by atoms with E-state index in [2.05, 4.69) is 24.1 Å². The summed E-state index contributed by atoms with van der Waals surface area (Å²) in [5, 5.41) is 3.02. The van der Waals surface area contributed by atoms with Gasteiger partial charge in [-0.25, -0.2) is 0 Å². The molecule has 4 unspecified atom stereocenters. The summed E-state index contributed by atoms with van der Waals surface area (Å²) in [6.45, 7) is 9.48. The molecule has 4 atom stereocenters. The van der Waals surface area contributed by atoms with Gasteiger partial charge in [0, 0.05) is 19.1 Å². The van der Waals surface area contributed by atoms with Gasteiger partial charge in [0.2, 0.25) is 5.91 Å². The predicted octanol–water partition coefficient (Wildman–Crippen LogP) is 3.07. The van der Waals surface area contributed by atoms with Gasteiger partial charge in [-0.05, 0) is 32.9 Å². The standard InChI is InChI=1S/C17H27N3O2.2ClH/c1-11-9-20(10-12(2)22-11)16-8-6-5-7-15(16)19-17(21)13(3)14(4)18;;/h5-8,11-14H,9-10,18H2,1-4H3,(H,19,21);2*1H. The van der Waals surface area contributed by atoms with Crippen LogP contribution in [-0.2, 0) is 9.53 Å². The van der Waals surface area contributed by atoms with Crippen molar-refractivity contribution in [1.82, 2.24) is 0 Å². The summed E-state index contributed by atoms with van der Waals surface area (Å²) in [7, 11) is 0. The third-order valence-electron chi connectivity index (χ3n) is 4.12. The van der Waals surface area contributed by atoms with Crippen LogP contribution < -0.4 is 16.0 Å². The number of carbonyl (C=O) groups is 1. The van der Waals surface area contributed by atoms with Crippen LogP contribution in [-0.4, -0.2) is 37.2 Å². The minimum Gasteiger partial charge on any atom is -0.372 e. The van der Waals surface area contributed by atoms with Crippen LogP contribution in [0, 0.1) is 5.92 Å². The van der Waals surface area contributed by atoms with Crippen molar-refractivity contribution < 1.29 is 9.53 Å². The number of morpholine rings is 1. The Morgan fingerprint density at radius 3 is 2.29 bits per heavy atom. The topological polar surface area (TPSA) is 67.6 Å². The molecule has 3 N–H and O–H groups in total. The Labute approximate surface area is 157 Å². The SMILES string of the molecule is CC1CN(c2ccccc2NC(=O)C(C)C(C)N)CC(C)O1.Cl.Cl. The number of para-hydroxylation sites is 2. The van der Waals surface area contributed by atoms with E-state index >= 15 is 0 Å². The van der Waals surface area contributed by atoms with Crippen LogP contribution in [0.4, 0.5) is 11.4 Å². The molecule has 0 spiro atoms. The molecule has 0 bridgehead atoms. The van der Waals surface area contributed by atoms with Crippen molar-refractivity contribution in [2.45, 2.75) is 45.9 Å². The first-order valence-corrected chi connectivity index (χ1v) is 7.94. The van der Waals surface area contributed by atoms with E-state index in [0.717, 1.165) is 24.5 Å². The van der Waals surface area contributed by atoms with Gasteiger partial charge in [-0.3, -0.25) is 4.79 Å². The lowest BCUT2D eigenvalue weighted by Gasteiger charge is -2.37. The van der Waals surface area contributed by atoms with Crippen molar-refractivity contribution in [3.05, 3.63) is 24.3 Å². The van der Waals surface area contributed by atoms with E-state index < -0.39 is 0 Å². The normalized spacial score (nSPS) is 22.6. The predicted molar refractivity (Wildman–Crippen MR) is 105 cm³/mol. The molecule has 1 heterocycles. The largest absolute Gasteiger partial charge is 0.372 e. The highest BCUT2D eigenvalue weighted by atomic mass is 35.5. The van der Waals surface area contributed by atoms with Gasteiger partial charge < -0.3 is 20.7 Å². The first kappa shape index (κ1) is 23.0. The highest BCUT2D eigenvalue weighted by Crippen LogP contribution is 2.28. The zero-order chi connectivity index (χ0) is 16.3. The number of hydrogen-bond acceptors (Lipinski definition) is 4. The Hall–Kier alpha value is -1.01. The third-order valence-corrected chi connectivity index (χ3v) is 4.12. The fourth-order valence-corrected chi connectivity index (χ4v) is 2.72. The molecule has 1 aliphatic rings. The number of nitrogens with one attached hydrogen (secondary N) is 1. The number of nitrogens with two attached hydrogens (primary N) is 1. The number of amides is 1. The van der Waals surface area contributed by atoms with Crippen LogP contribution in [0.2, 0.25) is 0 Å². The number of rotatable bonds is 4. The third kappa shape index (κ3) is 5.81. The van der Waals surface area contributed by atoms with E-state index in [0.29, 0.717) is 0 Å². The number of ether oxygens (including phenoxy) is 1. The quantitative estimate of drug-likeness (QED) is 0.845. The van der Waals surface area contributed by atoms with Gasteiger partial charge in [-0.1, -0.05) is 19.1 Å². The molecule has 24 heavy (non-hydrogen) atoms. The van der Waals surface area contributed by atoms with E-state index in [4.69, 9.17) is 10.5 Å². The molecule has 1 saturated heterocycles. The summed E-state index contributed by atoms with van der Waals surface area (Å²) in [4.78, 5) is 14.6. The number of benzene rings is 1. The highest BCUT2D eigenvalue weighted by Gasteiger charge is 2.25. The molecule has 0 aromatic heterocycles. The van der Waals surface area contributed by atoms with Gasteiger partial charge in [0.05, 0.1) is 29.5 Å². The maximum absolute atomic E-state index is 12.3. The first-order chi connectivity index (χ1) is 10.4. The van der Waals surface area contributed by atoms with Gasteiger partial charge in [-0.15, -0.1) is 24.8 Å².